The van der Waals surface area contributed by atoms with Gasteiger partial charge in [0.1, 0.15) is 11.9 Å². The summed E-state index contributed by atoms with van der Waals surface area (Å²) in [4.78, 5) is 11.2. The lowest BCUT2D eigenvalue weighted by molar-refractivity contribution is -0.703. The zero-order chi connectivity index (χ0) is 13.4. The fourth-order valence-corrected chi connectivity index (χ4v) is 2.00. The standard InChI is InChI=1S/C14H25N2O2/c1-4-6-7-10-16-12-15(5-2)11-13(16)8-9-14(17)18-3/h11-12H,4-10H2,1-3H3/q+1. The number of aromatic nitrogens is 2. The van der Waals surface area contributed by atoms with Crippen LogP contribution in [0.15, 0.2) is 12.5 Å². The van der Waals surface area contributed by atoms with E-state index in [1.807, 2.05) is 0 Å². The predicted octanol–water partition coefficient (Wildman–Crippen LogP) is 2.09. The maximum Gasteiger partial charge on any atom is 0.305 e. The quantitative estimate of drug-likeness (QED) is 0.404. The first-order valence-corrected chi connectivity index (χ1v) is 6.86. The van der Waals surface area contributed by atoms with E-state index in [0.717, 1.165) is 19.5 Å². The highest BCUT2D eigenvalue weighted by Crippen LogP contribution is 2.02. The summed E-state index contributed by atoms with van der Waals surface area (Å²) in [5.74, 6) is -0.139. The first-order valence-electron chi connectivity index (χ1n) is 6.86. The Balaban J connectivity index is 2.62. The van der Waals surface area contributed by atoms with Gasteiger partial charge in [0.05, 0.1) is 26.6 Å². The number of unbranched alkanes of at least 4 members (excludes halogenated alkanes) is 2. The number of carbonyl (C=O) groups excluding carboxylic acids is 1. The van der Waals surface area contributed by atoms with E-state index in [0.29, 0.717) is 6.42 Å². The summed E-state index contributed by atoms with van der Waals surface area (Å²) >= 11 is 0. The van der Waals surface area contributed by atoms with Crippen molar-refractivity contribution >= 4 is 5.97 Å². The summed E-state index contributed by atoms with van der Waals surface area (Å²) in [5.41, 5.74) is 1.22. The van der Waals surface area contributed by atoms with Gasteiger partial charge >= 0.3 is 5.97 Å². The van der Waals surface area contributed by atoms with Crippen molar-refractivity contribution < 1.29 is 14.1 Å². The third-order valence-corrected chi connectivity index (χ3v) is 3.15. The fraction of sp³-hybridized carbons (Fsp3) is 0.714. The van der Waals surface area contributed by atoms with Gasteiger partial charge < -0.3 is 4.74 Å². The molecule has 0 atom stereocenters. The second-order valence-electron chi connectivity index (χ2n) is 4.54. The van der Waals surface area contributed by atoms with Gasteiger partial charge in [0.25, 0.3) is 0 Å². The number of rotatable bonds is 8. The average Bonchev–Trinajstić information content (AvgIpc) is 2.79. The molecule has 0 radical (unpaired) electrons. The predicted molar refractivity (Wildman–Crippen MR) is 70.2 cm³/mol. The van der Waals surface area contributed by atoms with Crippen LogP contribution in [0.1, 0.15) is 45.2 Å². The van der Waals surface area contributed by atoms with E-state index in [-0.39, 0.29) is 5.97 Å². The topological polar surface area (TPSA) is 35.1 Å². The molecule has 0 unspecified atom stereocenters. The van der Waals surface area contributed by atoms with Crippen molar-refractivity contribution in [2.24, 2.45) is 0 Å². The number of imidazole rings is 1. The van der Waals surface area contributed by atoms with Crippen LogP contribution in [0, 0.1) is 0 Å². The number of ether oxygens (including phenoxy) is 1. The molecule has 0 aromatic carbocycles. The molecule has 0 aliphatic carbocycles. The van der Waals surface area contributed by atoms with Crippen LogP contribution in [0.25, 0.3) is 0 Å². The fourth-order valence-electron chi connectivity index (χ4n) is 2.00. The molecule has 1 rings (SSSR count). The minimum atomic E-state index is -0.139. The Morgan fingerprint density at radius 2 is 2.17 bits per heavy atom. The van der Waals surface area contributed by atoms with Crippen molar-refractivity contribution in [3.63, 3.8) is 0 Å². The summed E-state index contributed by atoms with van der Waals surface area (Å²) in [6, 6.07) is 0. The Morgan fingerprint density at radius 1 is 1.39 bits per heavy atom. The maximum atomic E-state index is 11.2. The van der Waals surface area contributed by atoms with Crippen LogP contribution in [-0.2, 0) is 29.0 Å². The Hall–Kier alpha value is -1.32. The van der Waals surface area contributed by atoms with Gasteiger partial charge in [-0.3, -0.25) is 4.79 Å². The molecule has 0 saturated carbocycles. The third kappa shape index (κ3) is 4.51. The summed E-state index contributed by atoms with van der Waals surface area (Å²) < 4.78 is 9.12. The Kier molecular flexibility index (Phi) is 6.47. The molecule has 0 aliphatic rings. The van der Waals surface area contributed by atoms with Crippen LogP contribution < -0.4 is 4.57 Å². The number of nitrogens with zero attached hydrogens (tertiary/aromatic N) is 2. The number of hydrogen-bond donors (Lipinski definition) is 0. The summed E-state index contributed by atoms with van der Waals surface area (Å²) in [5, 5.41) is 0. The molecule has 102 valence electrons. The monoisotopic (exact) mass is 253 g/mol. The molecule has 0 N–H and O–H groups in total. The van der Waals surface area contributed by atoms with Crippen molar-refractivity contribution in [2.75, 3.05) is 7.11 Å². The zero-order valence-electron chi connectivity index (χ0n) is 11.8. The van der Waals surface area contributed by atoms with E-state index in [4.69, 9.17) is 0 Å². The number of methoxy groups -OCH3 is 1. The maximum absolute atomic E-state index is 11.2. The van der Waals surface area contributed by atoms with Gasteiger partial charge in [0.15, 0.2) is 0 Å². The van der Waals surface area contributed by atoms with E-state index in [1.54, 1.807) is 0 Å². The smallest absolute Gasteiger partial charge is 0.305 e. The van der Waals surface area contributed by atoms with Crippen molar-refractivity contribution in [1.82, 2.24) is 4.57 Å². The van der Waals surface area contributed by atoms with Crippen LogP contribution >= 0.6 is 0 Å². The molecule has 1 aromatic rings. The number of esters is 1. The SMILES string of the molecule is CCCCC[n+]1cn(CC)cc1CCC(=O)OC. The van der Waals surface area contributed by atoms with Crippen LogP contribution in [0.2, 0.25) is 0 Å². The molecular formula is C14H25N2O2+. The minimum absolute atomic E-state index is 0.139. The Morgan fingerprint density at radius 3 is 2.78 bits per heavy atom. The second kappa shape index (κ2) is 7.90. The molecule has 0 aliphatic heterocycles. The highest BCUT2D eigenvalue weighted by Gasteiger charge is 2.14. The summed E-state index contributed by atoms with van der Waals surface area (Å²) in [6.45, 7) is 6.34. The van der Waals surface area contributed by atoms with Crippen LogP contribution in [-0.4, -0.2) is 17.6 Å². The van der Waals surface area contributed by atoms with E-state index in [9.17, 15) is 4.79 Å². The highest BCUT2D eigenvalue weighted by molar-refractivity contribution is 5.69. The lowest BCUT2D eigenvalue weighted by atomic mass is 10.2. The second-order valence-corrected chi connectivity index (χ2v) is 4.54. The van der Waals surface area contributed by atoms with Crippen LogP contribution in [0.3, 0.4) is 0 Å². The molecule has 1 heterocycles. The Labute approximate surface area is 110 Å². The van der Waals surface area contributed by atoms with Crippen molar-refractivity contribution in [1.29, 1.82) is 0 Å². The van der Waals surface area contributed by atoms with E-state index >= 15 is 0 Å². The molecular weight excluding hydrogens is 228 g/mol. The van der Waals surface area contributed by atoms with Gasteiger partial charge in [0, 0.05) is 6.42 Å². The third-order valence-electron chi connectivity index (χ3n) is 3.15. The lowest BCUT2D eigenvalue weighted by Crippen LogP contribution is -2.36. The summed E-state index contributed by atoms with van der Waals surface area (Å²) in [7, 11) is 1.44. The first-order chi connectivity index (χ1) is 8.71. The summed E-state index contributed by atoms with van der Waals surface area (Å²) in [6.07, 6.45) is 9.16. The van der Waals surface area contributed by atoms with Gasteiger partial charge in [0.2, 0.25) is 6.33 Å². The minimum Gasteiger partial charge on any atom is -0.469 e. The van der Waals surface area contributed by atoms with Gasteiger partial charge in [-0.05, 0) is 19.8 Å². The molecule has 0 saturated heterocycles. The van der Waals surface area contributed by atoms with Crippen LogP contribution in [0.5, 0.6) is 0 Å². The van der Waals surface area contributed by atoms with E-state index < -0.39 is 0 Å². The highest BCUT2D eigenvalue weighted by atomic mass is 16.5. The first kappa shape index (κ1) is 14.7. The lowest BCUT2D eigenvalue weighted by Gasteiger charge is -2.01. The molecule has 0 amide bonds. The average molecular weight is 253 g/mol. The molecule has 18 heavy (non-hydrogen) atoms. The molecule has 4 nitrogen and oxygen atoms in total. The number of hydrogen-bond acceptors (Lipinski definition) is 2. The van der Waals surface area contributed by atoms with E-state index in [2.05, 4.69) is 40.2 Å². The molecule has 1 aromatic heterocycles. The van der Waals surface area contributed by atoms with Gasteiger partial charge in [-0.25, -0.2) is 9.13 Å². The molecule has 4 heteroatoms. The largest absolute Gasteiger partial charge is 0.469 e. The van der Waals surface area contributed by atoms with Crippen LogP contribution in [0.4, 0.5) is 0 Å². The van der Waals surface area contributed by atoms with Gasteiger partial charge in [-0.2, -0.15) is 0 Å². The van der Waals surface area contributed by atoms with Gasteiger partial charge in [-0.15, -0.1) is 0 Å². The normalized spacial score (nSPS) is 10.6. The Bertz CT molecular complexity index is 372. The number of carbonyl (C=O) groups is 1. The zero-order valence-corrected chi connectivity index (χ0v) is 11.8. The number of aryl methyl sites for hydroxylation is 3. The molecule has 0 spiro atoms. The van der Waals surface area contributed by atoms with E-state index in [1.165, 1.54) is 32.1 Å². The van der Waals surface area contributed by atoms with Crippen molar-refractivity contribution in [3.05, 3.63) is 18.2 Å². The molecule has 0 bridgehead atoms. The molecule has 0 fully saturated rings. The van der Waals surface area contributed by atoms with Crippen molar-refractivity contribution in [3.8, 4) is 0 Å². The van der Waals surface area contributed by atoms with Crippen molar-refractivity contribution in [2.45, 2.75) is 59.0 Å². The van der Waals surface area contributed by atoms with Gasteiger partial charge in [-0.1, -0.05) is 13.3 Å².